The minimum absolute atomic E-state index is 0.152. The molecule has 4 rings (SSSR count). The van der Waals surface area contributed by atoms with Crippen LogP contribution in [-0.4, -0.2) is 27.3 Å². The average molecular weight is 399 g/mol. The maximum atomic E-state index is 12.6. The molecule has 3 aromatic heterocycles. The van der Waals surface area contributed by atoms with Gasteiger partial charge in [-0.05, 0) is 0 Å². The number of nitrogens with zero attached hydrogens (tertiary/aromatic N) is 2. The van der Waals surface area contributed by atoms with E-state index in [0.717, 1.165) is 6.07 Å². The average Bonchev–Trinajstić information content (AvgIpc) is 3.22. The largest absolute Gasteiger partial charge is 0.489 e. The summed E-state index contributed by atoms with van der Waals surface area (Å²) in [7, 11) is 0. The Balaban J connectivity index is 1.28. The van der Waals surface area contributed by atoms with E-state index in [1.54, 1.807) is 0 Å². The quantitative estimate of drug-likeness (QED) is 0.706. The van der Waals surface area contributed by atoms with Crippen LogP contribution >= 0.6 is 11.3 Å². The predicted molar refractivity (Wildman–Crippen MR) is 87.7 cm³/mol. The van der Waals surface area contributed by atoms with Crippen LogP contribution < -0.4 is 15.0 Å². The van der Waals surface area contributed by atoms with Crippen molar-refractivity contribution in [2.24, 2.45) is 0 Å². The van der Waals surface area contributed by atoms with Gasteiger partial charge in [0, 0.05) is 24.3 Å². The van der Waals surface area contributed by atoms with Crippen molar-refractivity contribution < 1.29 is 27.2 Å². The summed E-state index contributed by atoms with van der Waals surface area (Å²) in [5.41, 5.74) is 0.00839. The van der Waals surface area contributed by atoms with E-state index < -0.39 is 11.1 Å². The molecule has 1 fully saturated rings. The number of nitrogens with one attached hydrogen (secondary N) is 1. The van der Waals surface area contributed by atoms with Gasteiger partial charge in [-0.2, -0.15) is 18.3 Å². The number of aromatic amines is 1. The lowest BCUT2D eigenvalue weighted by Gasteiger charge is -2.34. The third kappa shape index (κ3) is 3.97. The van der Waals surface area contributed by atoms with E-state index >= 15 is 0 Å². The van der Waals surface area contributed by atoms with Gasteiger partial charge in [-0.3, -0.25) is 4.79 Å². The van der Waals surface area contributed by atoms with E-state index in [4.69, 9.17) is 14.0 Å². The Morgan fingerprint density at radius 2 is 1.93 bits per heavy atom. The number of hydrogen-bond acceptors (Lipinski definition) is 7. The highest BCUT2D eigenvalue weighted by Crippen LogP contribution is 2.38. The lowest BCUT2D eigenvalue weighted by molar-refractivity contribution is -0.134. The van der Waals surface area contributed by atoms with Gasteiger partial charge in [0.15, 0.2) is 5.76 Å². The van der Waals surface area contributed by atoms with Gasteiger partial charge in [-0.15, -0.1) is 11.3 Å². The molecule has 0 aliphatic heterocycles. The number of aromatic nitrogens is 3. The summed E-state index contributed by atoms with van der Waals surface area (Å²) in [5.74, 6) is 0.785. The van der Waals surface area contributed by atoms with E-state index in [1.165, 1.54) is 23.8 Å². The fraction of sp³-hybridized carbons (Fsp3) is 0.312. The Kier molecular flexibility index (Phi) is 4.38. The van der Waals surface area contributed by atoms with Crippen LogP contribution in [0.4, 0.5) is 13.2 Å². The van der Waals surface area contributed by atoms with Gasteiger partial charge >= 0.3 is 6.18 Å². The lowest BCUT2D eigenvalue weighted by Crippen LogP contribution is -2.41. The Labute approximate surface area is 153 Å². The number of H-pyrrole nitrogens is 1. The molecule has 3 aromatic rings. The zero-order chi connectivity index (χ0) is 19.0. The van der Waals surface area contributed by atoms with E-state index in [9.17, 15) is 18.0 Å². The first-order valence-electron chi connectivity index (χ1n) is 7.87. The summed E-state index contributed by atoms with van der Waals surface area (Å²) >= 11 is 0.609. The molecule has 3 heterocycles. The number of halogens is 3. The molecule has 7 nitrogen and oxygen atoms in total. The van der Waals surface area contributed by atoms with Crippen LogP contribution in [0.25, 0.3) is 11.5 Å². The van der Waals surface area contributed by atoms with Crippen LogP contribution in [0.1, 0.15) is 17.7 Å². The second kappa shape index (κ2) is 6.72. The van der Waals surface area contributed by atoms with Crippen molar-refractivity contribution in [3.8, 4) is 23.1 Å². The highest BCUT2D eigenvalue weighted by Gasteiger charge is 2.35. The summed E-state index contributed by atoms with van der Waals surface area (Å²) in [4.78, 5) is 18.6. The number of alkyl halides is 3. The van der Waals surface area contributed by atoms with Crippen LogP contribution in [0, 0.1) is 0 Å². The summed E-state index contributed by atoms with van der Waals surface area (Å²) in [6.45, 7) is 0. The fourth-order valence-corrected chi connectivity index (χ4v) is 3.20. The third-order valence-electron chi connectivity index (χ3n) is 3.90. The van der Waals surface area contributed by atoms with Crippen molar-refractivity contribution in [2.75, 3.05) is 0 Å². The van der Waals surface area contributed by atoms with Gasteiger partial charge in [-0.1, -0.05) is 0 Å². The van der Waals surface area contributed by atoms with Crippen LogP contribution in [-0.2, 0) is 6.18 Å². The molecule has 27 heavy (non-hydrogen) atoms. The second-order valence-corrected chi connectivity index (χ2v) is 6.82. The molecule has 0 unspecified atom stereocenters. The van der Waals surface area contributed by atoms with Gasteiger partial charge in [0.1, 0.15) is 28.5 Å². The first-order valence-corrected chi connectivity index (χ1v) is 8.75. The van der Waals surface area contributed by atoms with Crippen molar-refractivity contribution in [1.29, 1.82) is 0 Å². The molecule has 1 N–H and O–H groups in total. The Bertz CT molecular complexity index is 974. The maximum absolute atomic E-state index is 12.6. The summed E-state index contributed by atoms with van der Waals surface area (Å²) in [6.07, 6.45) is -0.817. The number of hydrogen-bond donors (Lipinski definition) is 1. The number of rotatable bonds is 5. The molecule has 0 radical (unpaired) electrons. The van der Waals surface area contributed by atoms with Crippen molar-refractivity contribution in [3.05, 3.63) is 45.1 Å². The molecule has 0 aromatic carbocycles. The minimum atomic E-state index is -4.36. The molecule has 0 spiro atoms. The zero-order valence-corrected chi connectivity index (χ0v) is 14.3. The molecular formula is C16H12F3N3O4S. The Morgan fingerprint density at radius 1 is 1.15 bits per heavy atom. The predicted octanol–water partition coefficient (Wildman–Crippen LogP) is 3.49. The highest BCUT2D eigenvalue weighted by molar-refractivity contribution is 7.10. The van der Waals surface area contributed by atoms with E-state index in [-0.39, 0.29) is 29.3 Å². The van der Waals surface area contributed by atoms with E-state index in [1.807, 2.05) is 0 Å². The second-order valence-electron chi connectivity index (χ2n) is 5.91. The molecule has 1 aliphatic carbocycles. The standard InChI is InChI=1S/C16H12F3N3O4S/c17-16(18,19)13-3-10(7-27-13)24-8-1-9(2-8)25-15-6-20-11(5-21-15)12-4-14(23)22-26-12/h3-9H,1-2H2,(H,22,23). The van der Waals surface area contributed by atoms with Gasteiger partial charge in [0.2, 0.25) is 5.88 Å². The molecule has 0 bridgehead atoms. The van der Waals surface area contributed by atoms with Crippen LogP contribution in [0.5, 0.6) is 11.6 Å². The summed E-state index contributed by atoms with van der Waals surface area (Å²) in [6, 6.07) is 2.26. The van der Waals surface area contributed by atoms with Crippen molar-refractivity contribution in [1.82, 2.24) is 15.1 Å². The fourth-order valence-electron chi connectivity index (χ4n) is 2.52. The molecule has 0 amide bonds. The molecular weight excluding hydrogens is 387 g/mol. The zero-order valence-electron chi connectivity index (χ0n) is 13.5. The molecule has 1 aliphatic rings. The number of ether oxygens (including phenoxy) is 2. The SMILES string of the molecule is O=c1cc(-c2cnc(OC3CC(Oc4csc(C(F)(F)F)c4)C3)cn2)o[nH]1. The highest BCUT2D eigenvalue weighted by atomic mass is 32.1. The van der Waals surface area contributed by atoms with Crippen molar-refractivity contribution in [2.45, 2.75) is 31.2 Å². The van der Waals surface area contributed by atoms with Crippen molar-refractivity contribution in [3.63, 3.8) is 0 Å². The third-order valence-corrected chi connectivity index (χ3v) is 4.85. The molecule has 142 valence electrons. The van der Waals surface area contributed by atoms with E-state index in [0.29, 0.717) is 35.8 Å². The smallest absolute Gasteiger partial charge is 0.425 e. The summed E-state index contributed by atoms with van der Waals surface area (Å²) in [5, 5.41) is 3.51. The minimum Gasteiger partial charge on any atom is -0.489 e. The maximum Gasteiger partial charge on any atom is 0.425 e. The van der Waals surface area contributed by atoms with Gasteiger partial charge in [0.25, 0.3) is 5.56 Å². The van der Waals surface area contributed by atoms with Crippen LogP contribution in [0.15, 0.2) is 39.2 Å². The van der Waals surface area contributed by atoms with E-state index in [2.05, 4.69) is 15.1 Å². The van der Waals surface area contributed by atoms with Crippen molar-refractivity contribution >= 4 is 11.3 Å². The molecule has 0 saturated heterocycles. The monoisotopic (exact) mass is 399 g/mol. The summed E-state index contributed by atoms with van der Waals surface area (Å²) < 4.78 is 53.8. The van der Waals surface area contributed by atoms with Gasteiger partial charge < -0.3 is 14.0 Å². The van der Waals surface area contributed by atoms with Crippen LogP contribution in [0.2, 0.25) is 0 Å². The molecule has 0 atom stereocenters. The first kappa shape index (κ1) is 17.6. The Hall–Kier alpha value is -2.82. The number of thiophene rings is 1. The van der Waals surface area contributed by atoms with Gasteiger partial charge in [0.05, 0.1) is 18.5 Å². The molecule has 1 saturated carbocycles. The van der Waals surface area contributed by atoms with Crippen LogP contribution in [0.3, 0.4) is 0 Å². The first-order chi connectivity index (χ1) is 12.9. The topological polar surface area (TPSA) is 90.2 Å². The lowest BCUT2D eigenvalue weighted by atomic mass is 9.92. The van der Waals surface area contributed by atoms with Gasteiger partial charge in [-0.25, -0.2) is 9.97 Å². The Morgan fingerprint density at radius 3 is 2.52 bits per heavy atom. The normalized spacial score (nSPS) is 19.5. The molecule has 11 heteroatoms.